The molecule has 0 radical (unpaired) electrons. The molecule has 0 aliphatic carbocycles. The fraction of sp³-hybridized carbons (Fsp3) is 0.364. The van der Waals surface area contributed by atoms with Crippen LogP contribution in [0.5, 0.6) is 0 Å². The molecule has 0 aliphatic heterocycles. The monoisotopic (exact) mass is 282 g/mol. The van der Waals surface area contributed by atoms with Crippen molar-refractivity contribution < 1.29 is 26.7 Å². The van der Waals surface area contributed by atoms with Crippen LogP contribution in [0.1, 0.15) is 10.4 Å². The molecule has 2 N–H and O–H groups in total. The van der Waals surface area contributed by atoms with Crippen LogP contribution < -0.4 is 5.73 Å². The largest absolute Gasteiger partial charge is 0.406 e. The van der Waals surface area contributed by atoms with E-state index >= 15 is 0 Å². The van der Waals surface area contributed by atoms with Gasteiger partial charge < -0.3 is 10.6 Å². The minimum atomic E-state index is -4.61. The molecule has 0 saturated carbocycles. The Balaban J connectivity index is 2.98. The summed E-state index contributed by atoms with van der Waals surface area (Å²) in [5.74, 6) is -3.20. The number of hydrogen-bond donors (Lipinski definition) is 1. The highest BCUT2D eigenvalue weighted by Crippen LogP contribution is 2.18. The maximum Gasteiger partial charge on any atom is 0.406 e. The van der Waals surface area contributed by atoms with E-state index in [1.165, 1.54) is 0 Å². The molecule has 0 atom stereocenters. The fourth-order valence-corrected chi connectivity index (χ4v) is 1.48. The van der Waals surface area contributed by atoms with Crippen LogP contribution in [0.2, 0.25) is 0 Å². The molecule has 19 heavy (non-hydrogen) atoms. The molecule has 0 aromatic heterocycles. The first kappa shape index (κ1) is 15.4. The third-order valence-corrected chi connectivity index (χ3v) is 2.17. The summed E-state index contributed by atoms with van der Waals surface area (Å²) in [4.78, 5) is 12.2. The van der Waals surface area contributed by atoms with Gasteiger partial charge in [-0.15, -0.1) is 0 Å². The second-order valence-corrected chi connectivity index (χ2v) is 3.79. The van der Waals surface area contributed by atoms with Crippen molar-refractivity contribution in [2.45, 2.75) is 6.18 Å². The summed E-state index contributed by atoms with van der Waals surface area (Å²) in [7, 11) is 0. The third-order valence-electron chi connectivity index (χ3n) is 2.17. The van der Waals surface area contributed by atoms with Crippen LogP contribution in [0.4, 0.5) is 22.0 Å². The van der Waals surface area contributed by atoms with Gasteiger partial charge in [-0.2, -0.15) is 13.2 Å². The summed E-state index contributed by atoms with van der Waals surface area (Å²) in [6.07, 6.45) is -4.61. The molecule has 0 spiro atoms. The molecule has 0 unspecified atom stereocenters. The van der Waals surface area contributed by atoms with Crippen molar-refractivity contribution in [1.29, 1.82) is 0 Å². The molecule has 1 amide bonds. The average molecular weight is 282 g/mol. The van der Waals surface area contributed by atoms with Gasteiger partial charge >= 0.3 is 6.18 Å². The first-order valence-corrected chi connectivity index (χ1v) is 5.25. The van der Waals surface area contributed by atoms with Crippen LogP contribution in [-0.2, 0) is 0 Å². The zero-order valence-electron chi connectivity index (χ0n) is 9.68. The molecule has 1 aromatic rings. The summed E-state index contributed by atoms with van der Waals surface area (Å²) in [6.45, 7) is -2.09. The number of halogens is 5. The molecule has 106 valence electrons. The average Bonchev–Trinajstić information content (AvgIpc) is 2.24. The highest BCUT2D eigenvalue weighted by atomic mass is 19.4. The normalized spacial score (nSPS) is 11.5. The zero-order valence-corrected chi connectivity index (χ0v) is 9.68. The van der Waals surface area contributed by atoms with Gasteiger partial charge in [0.1, 0.15) is 18.2 Å². The summed E-state index contributed by atoms with van der Waals surface area (Å²) < 4.78 is 62.7. The van der Waals surface area contributed by atoms with E-state index < -0.39 is 35.8 Å². The van der Waals surface area contributed by atoms with Crippen molar-refractivity contribution in [2.75, 3.05) is 19.6 Å². The maximum absolute atomic E-state index is 12.9. The predicted molar refractivity (Wildman–Crippen MR) is 57.4 cm³/mol. The number of hydrogen-bond acceptors (Lipinski definition) is 2. The van der Waals surface area contributed by atoms with Gasteiger partial charge in [-0.25, -0.2) is 8.78 Å². The second kappa shape index (κ2) is 5.96. The molecule has 1 rings (SSSR count). The first-order chi connectivity index (χ1) is 8.73. The van der Waals surface area contributed by atoms with Crippen LogP contribution in [0.25, 0.3) is 0 Å². The third kappa shape index (κ3) is 4.82. The smallest absolute Gasteiger partial charge is 0.329 e. The Labute approximate surface area is 105 Å². The van der Waals surface area contributed by atoms with E-state index in [9.17, 15) is 26.7 Å². The van der Waals surface area contributed by atoms with Gasteiger partial charge in [0.15, 0.2) is 0 Å². The lowest BCUT2D eigenvalue weighted by molar-refractivity contribution is -0.140. The number of benzene rings is 1. The number of nitrogens with zero attached hydrogens (tertiary/aromatic N) is 1. The molecule has 0 heterocycles. The van der Waals surface area contributed by atoms with Crippen molar-refractivity contribution in [3.05, 3.63) is 35.4 Å². The van der Waals surface area contributed by atoms with Crippen LogP contribution >= 0.6 is 0 Å². The maximum atomic E-state index is 12.9. The van der Waals surface area contributed by atoms with Crippen molar-refractivity contribution in [1.82, 2.24) is 4.90 Å². The highest BCUT2D eigenvalue weighted by Gasteiger charge is 2.33. The summed E-state index contributed by atoms with van der Waals surface area (Å²) in [6, 6.07) is 1.87. The van der Waals surface area contributed by atoms with Crippen LogP contribution in [0.3, 0.4) is 0 Å². The molecule has 0 bridgehead atoms. The van der Waals surface area contributed by atoms with E-state index in [1.54, 1.807) is 0 Å². The van der Waals surface area contributed by atoms with Crippen LogP contribution in [-0.4, -0.2) is 36.6 Å². The number of amides is 1. The van der Waals surface area contributed by atoms with Crippen molar-refractivity contribution in [3.63, 3.8) is 0 Å². The Morgan fingerprint density at radius 3 is 2.11 bits per heavy atom. The van der Waals surface area contributed by atoms with E-state index in [1.807, 2.05) is 0 Å². The van der Waals surface area contributed by atoms with Gasteiger partial charge in [-0.1, -0.05) is 0 Å². The SMILES string of the molecule is NCCN(CC(F)(F)F)C(=O)c1cc(F)cc(F)c1. The quantitative estimate of drug-likeness (QED) is 0.858. The Bertz CT molecular complexity index is 441. The van der Waals surface area contributed by atoms with Gasteiger partial charge in [0.2, 0.25) is 0 Å². The number of carbonyl (C=O) groups is 1. The lowest BCUT2D eigenvalue weighted by atomic mass is 10.2. The molecular weight excluding hydrogens is 271 g/mol. The van der Waals surface area contributed by atoms with Gasteiger partial charge in [0.25, 0.3) is 5.91 Å². The second-order valence-electron chi connectivity index (χ2n) is 3.79. The lowest BCUT2D eigenvalue weighted by Crippen LogP contribution is -2.41. The Kier molecular flexibility index (Phi) is 4.82. The van der Waals surface area contributed by atoms with Gasteiger partial charge in [0.05, 0.1) is 0 Å². The summed E-state index contributed by atoms with van der Waals surface area (Å²) >= 11 is 0. The van der Waals surface area contributed by atoms with Crippen LogP contribution in [0, 0.1) is 11.6 Å². The van der Waals surface area contributed by atoms with E-state index in [-0.39, 0.29) is 13.1 Å². The van der Waals surface area contributed by atoms with Gasteiger partial charge in [0, 0.05) is 24.7 Å². The number of alkyl halides is 3. The Morgan fingerprint density at radius 2 is 1.68 bits per heavy atom. The van der Waals surface area contributed by atoms with Crippen molar-refractivity contribution in [2.24, 2.45) is 5.73 Å². The minimum Gasteiger partial charge on any atom is -0.329 e. The van der Waals surface area contributed by atoms with Gasteiger partial charge in [-0.3, -0.25) is 4.79 Å². The number of carbonyl (C=O) groups excluding carboxylic acids is 1. The van der Waals surface area contributed by atoms with E-state index in [4.69, 9.17) is 5.73 Å². The summed E-state index contributed by atoms with van der Waals surface area (Å²) in [5.41, 5.74) is 4.62. The minimum absolute atomic E-state index is 0.195. The standard InChI is InChI=1S/C11H11F5N2O/c12-8-3-7(4-9(13)5-8)10(19)18(2-1-17)6-11(14,15)16/h3-5H,1-2,6,17H2. The Morgan fingerprint density at radius 1 is 1.16 bits per heavy atom. The van der Waals surface area contributed by atoms with Gasteiger partial charge in [-0.05, 0) is 12.1 Å². The molecule has 1 aromatic carbocycles. The van der Waals surface area contributed by atoms with Crippen LogP contribution in [0.15, 0.2) is 18.2 Å². The molecular formula is C11H11F5N2O. The zero-order chi connectivity index (χ0) is 14.6. The predicted octanol–water partition coefficient (Wildman–Crippen LogP) is 1.93. The molecule has 0 fully saturated rings. The van der Waals surface area contributed by atoms with E-state index in [0.29, 0.717) is 23.1 Å². The molecule has 3 nitrogen and oxygen atoms in total. The number of rotatable bonds is 4. The fourth-order valence-electron chi connectivity index (χ4n) is 1.48. The number of nitrogens with two attached hydrogens (primary N) is 1. The van der Waals surface area contributed by atoms with E-state index in [0.717, 1.165) is 0 Å². The highest BCUT2D eigenvalue weighted by molar-refractivity contribution is 5.94. The van der Waals surface area contributed by atoms with Crippen molar-refractivity contribution in [3.8, 4) is 0 Å². The topological polar surface area (TPSA) is 46.3 Å². The first-order valence-electron chi connectivity index (χ1n) is 5.25. The Hall–Kier alpha value is -1.70. The van der Waals surface area contributed by atoms with E-state index in [2.05, 4.69) is 0 Å². The van der Waals surface area contributed by atoms with Crippen molar-refractivity contribution >= 4 is 5.91 Å². The summed E-state index contributed by atoms with van der Waals surface area (Å²) in [5, 5.41) is 0. The molecule has 0 aliphatic rings. The molecule has 0 saturated heterocycles. The molecule has 8 heteroatoms. The lowest BCUT2D eigenvalue weighted by Gasteiger charge is -2.23.